The lowest BCUT2D eigenvalue weighted by atomic mass is 9.77. The number of β-lactam (4-membered cyclic amide) rings is 1. The minimum absolute atomic E-state index is 0.108. The Hall–Kier alpha value is -5.81. The Bertz CT molecular complexity index is 1990. The number of carbonyl (C=O) groups is 3. The maximum absolute atomic E-state index is 13.9. The number of hydrogen-bond acceptors (Lipinski definition) is 13. The summed E-state index contributed by atoms with van der Waals surface area (Å²) in [6.45, 7) is -0.0836. The molecule has 1 aromatic heterocycles. The predicted molar refractivity (Wildman–Crippen MR) is 206 cm³/mol. The maximum Gasteiger partial charge on any atom is 0.352 e. The van der Waals surface area contributed by atoms with Crippen LogP contribution in [0.3, 0.4) is 0 Å². The lowest BCUT2D eigenvalue weighted by Gasteiger charge is -2.49. The molecule has 3 heterocycles. The number of azide groups is 1. The summed E-state index contributed by atoms with van der Waals surface area (Å²) in [4.78, 5) is 53.5. The number of thiazole rings is 1. The standard InChI is InChI=1S/C35H32N10O5S3/c36-38-21-51-17-16-50-43-27(30(46)41-28-31(47)45-29(33(48)49)22(18-39-44-37)19-52-32(28)45)26-20-53-34(40-26)42-35(23-10-4-1-5-11-23,24-12-6-2-7-13-24)25-14-8-3-9-15-25/h1-15,20-21,28,32H,16-19,36H2,(H,40,42)(H,41,46)(H,48,49)/t28?,32-/m1/s1. The number of nitrogens with zero attached hydrogens (tertiary/aromatic N) is 7. The molecule has 3 aromatic carbocycles. The Morgan fingerprint density at radius 1 is 1.08 bits per heavy atom. The summed E-state index contributed by atoms with van der Waals surface area (Å²) < 4.78 is 0. The van der Waals surface area contributed by atoms with Crippen molar-refractivity contribution in [3.8, 4) is 0 Å². The molecule has 4 aromatic rings. The van der Waals surface area contributed by atoms with Gasteiger partial charge in [-0.25, -0.2) is 9.78 Å². The fourth-order valence-electron chi connectivity index (χ4n) is 6.01. The molecule has 2 atom stereocenters. The van der Waals surface area contributed by atoms with E-state index in [1.165, 1.54) is 40.4 Å². The highest BCUT2D eigenvalue weighted by Gasteiger charge is 2.54. The van der Waals surface area contributed by atoms with Gasteiger partial charge in [0.05, 0.1) is 12.1 Å². The number of benzene rings is 3. The van der Waals surface area contributed by atoms with Crippen LogP contribution in [0.5, 0.6) is 0 Å². The molecule has 5 N–H and O–H groups in total. The molecule has 0 aliphatic carbocycles. The average Bonchev–Trinajstić information content (AvgIpc) is 3.66. The van der Waals surface area contributed by atoms with Crippen molar-refractivity contribution in [2.45, 2.75) is 17.0 Å². The zero-order valence-corrected chi connectivity index (χ0v) is 30.3. The molecular formula is C35H32N10O5S3. The summed E-state index contributed by atoms with van der Waals surface area (Å²) in [6.07, 6.45) is 0. The number of aliphatic carboxylic acids is 1. The number of aromatic nitrogens is 1. The number of anilines is 1. The van der Waals surface area contributed by atoms with Crippen LogP contribution < -0.4 is 16.5 Å². The van der Waals surface area contributed by atoms with Crippen LogP contribution in [0.25, 0.3) is 10.4 Å². The van der Waals surface area contributed by atoms with Crippen molar-refractivity contribution < 1.29 is 24.3 Å². The van der Waals surface area contributed by atoms with Gasteiger partial charge in [0.2, 0.25) is 0 Å². The Morgan fingerprint density at radius 3 is 2.26 bits per heavy atom. The number of fused-ring (bicyclic) bond motifs is 1. The minimum atomic E-state index is -1.33. The van der Waals surface area contributed by atoms with Gasteiger partial charge in [0.25, 0.3) is 11.8 Å². The lowest BCUT2D eigenvalue weighted by Crippen LogP contribution is -2.71. The first-order chi connectivity index (χ1) is 25.9. The van der Waals surface area contributed by atoms with E-state index in [1.54, 1.807) is 5.38 Å². The quantitative estimate of drug-likeness (QED) is 0.0115. The number of rotatable bonds is 16. The summed E-state index contributed by atoms with van der Waals surface area (Å²) in [7, 11) is 0. The van der Waals surface area contributed by atoms with Gasteiger partial charge in [-0.05, 0) is 27.8 Å². The van der Waals surface area contributed by atoms with Gasteiger partial charge in [-0.3, -0.25) is 14.5 Å². The zero-order chi connectivity index (χ0) is 37.2. The number of oxime groups is 1. The van der Waals surface area contributed by atoms with Crippen LogP contribution in [0.2, 0.25) is 0 Å². The highest BCUT2D eigenvalue weighted by atomic mass is 32.2. The summed E-state index contributed by atoms with van der Waals surface area (Å²) >= 11 is 3.81. The van der Waals surface area contributed by atoms with Crippen LogP contribution >= 0.6 is 34.9 Å². The van der Waals surface area contributed by atoms with E-state index in [0.717, 1.165) is 21.6 Å². The number of amides is 2. The van der Waals surface area contributed by atoms with Crippen molar-refractivity contribution in [1.82, 2.24) is 15.2 Å². The first-order valence-corrected chi connectivity index (χ1v) is 19.0. The second kappa shape index (κ2) is 17.1. The molecule has 270 valence electrons. The van der Waals surface area contributed by atoms with E-state index in [9.17, 15) is 19.5 Å². The van der Waals surface area contributed by atoms with E-state index in [4.69, 9.17) is 21.2 Å². The normalized spacial score (nSPS) is 17.1. The number of carboxylic acid groups (broad SMARTS) is 1. The van der Waals surface area contributed by atoms with Crippen LogP contribution in [0.4, 0.5) is 5.13 Å². The van der Waals surface area contributed by atoms with Crippen molar-refractivity contribution in [1.29, 1.82) is 0 Å². The predicted octanol–water partition coefficient (Wildman–Crippen LogP) is 4.95. The van der Waals surface area contributed by atoms with E-state index < -0.39 is 34.7 Å². The fraction of sp³-hybridized carbons (Fsp3) is 0.200. The van der Waals surface area contributed by atoms with Gasteiger partial charge in [-0.2, -0.15) is 5.10 Å². The van der Waals surface area contributed by atoms with Crippen molar-refractivity contribution in [2.24, 2.45) is 21.2 Å². The van der Waals surface area contributed by atoms with Crippen molar-refractivity contribution in [3.63, 3.8) is 0 Å². The van der Waals surface area contributed by atoms with Crippen molar-refractivity contribution >= 4 is 69.0 Å². The molecule has 2 amide bonds. The summed E-state index contributed by atoms with van der Waals surface area (Å²) in [6, 6.07) is 28.9. The molecule has 6 rings (SSSR count). The first kappa shape index (κ1) is 37.0. The highest BCUT2D eigenvalue weighted by Crippen LogP contribution is 2.42. The molecular weight excluding hydrogens is 737 g/mol. The molecule has 1 saturated heterocycles. The fourth-order valence-corrected chi connectivity index (χ4v) is 8.46. The third-order valence-electron chi connectivity index (χ3n) is 8.32. The molecule has 1 fully saturated rings. The third kappa shape index (κ3) is 7.85. The summed E-state index contributed by atoms with van der Waals surface area (Å²) in [5.74, 6) is 3.12. The molecule has 53 heavy (non-hydrogen) atoms. The number of carboxylic acids is 1. The SMILES string of the molecule is [N-]=[N+]=NCC1=C(C(=O)O)N2C(=O)C(NC(=O)C(=NOCCSC=NN)c3csc(NC(c4ccccc4)(c4ccccc4)c4ccccc4)n3)[C@H]2SC1. The maximum atomic E-state index is 13.9. The van der Waals surface area contributed by atoms with Crippen LogP contribution in [-0.4, -0.2) is 80.1 Å². The second-order valence-electron chi connectivity index (χ2n) is 11.4. The molecule has 0 bridgehead atoms. The summed E-state index contributed by atoms with van der Waals surface area (Å²) in [5, 5.41) is 28.8. The number of hydrazone groups is 1. The Labute approximate surface area is 316 Å². The van der Waals surface area contributed by atoms with E-state index in [0.29, 0.717) is 16.5 Å². The van der Waals surface area contributed by atoms with Gasteiger partial charge in [0.1, 0.15) is 35.0 Å². The molecule has 18 heteroatoms. The molecule has 0 spiro atoms. The molecule has 2 aliphatic rings. The molecule has 2 aliphatic heterocycles. The first-order valence-electron chi connectivity index (χ1n) is 16.0. The van der Waals surface area contributed by atoms with Crippen LogP contribution in [0, 0.1) is 0 Å². The number of hydrogen-bond donors (Lipinski definition) is 4. The van der Waals surface area contributed by atoms with Gasteiger partial charge in [-0.1, -0.05) is 101 Å². The summed E-state index contributed by atoms with van der Waals surface area (Å²) in [5.41, 5.74) is 12.2. The molecule has 0 saturated carbocycles. The largest absolute Gasteiger partial charge is 0.477 e. The van der Waals surface area contributed by atoms with E-state index in [1.807, 2.05) is 91.0 Å². The van der Waals surface area contributed by atoms with Crippen LogP contribution in [0.1, 0.15) is 22.4 Å². The molecule has 1 unspecified atom stereocenters. The molecule has 15 nitrogen and oxygen atoms in total. The minimum Gasteiger partial charge on any atom is -0.477 e. The van der Waals surface area contributed by atoms with E-state index in [-0.39, 0.29) is 36.0 Å². The smallest absolute Gasteiger partial charge is 0.352 e. The van der Waals surface area contributed by atoms with Gasteiger partial charge >= 0.3 is 5.97 Å². The third-order valence-corrected chi connectivity index (χ3v) is 11.1. The van der Waals surface area contributed by atoms with Gasteiger partial charge in [0.15, 0.2) is 10.8 Å². The lowest BCUT2D eigenvalue weighted by molar-refractivity contribution is -0.150. The monoisotopic (exact) mass is 768 g/mol. The van der Waals surface area contributed by atoms with Gasteiger partial charge in [0, 0.05) is 21.8 Å². The number of carbonyl (C=O) groups excluding carboxylic acids is 2. The van der Waals surface area contributed by atoms with Crippen molar-refractivity contribution in [2.75, 3.05) is 30.0 Å². The molecule has 0 radical (unpaired) electrons. The van der Waals surface area contributed by atoms with E-state index in [2.05, 4.69) is 30.9 Å². The van der Waals surface area contributed by atoms with Gasteiger partial charge in [-0.15, -0.1) is 34.9 Å². The van der Waals surface area contributed by atoms with E-state index >= 15 is 0 Å². The number of thioether (sulfide) groups is 2. The topological polar surface area (TPSA) is 220 Å². The average molecular weight is 769 g/mol. The Kier molecular flexibility index (Phi) is 12.0. The number of nitrogens with one attached hydrogen (secondary N) is 2. The van der Waals surface area contributed by atoms with Crippen LogP contribution in [-0.2, 0) is 24.8 Å². The van der Waals surface area contributed by atoms with Crippen molar-refractivity contribution in [3.05, 3.63) is 140 Å². The highest BCUT2D eigenvalue weighted by molar-refractivity contribution is 8.12. The van der Waals surface area contributed by atoms with Gasteiger partial charge < -0.3 is 26.4 Å². The Balaban J connectivity index is 1.31. The zero-order valence-electron chi connectivity index (χ0n) is 27.8. The number of nitrogens with two attached hydrogens (primary N) is 1. The second-order valence-corrected chi connectivity index (χ2v) is 14.3. The Morgan fingerprint density at radius 2 is 1.70 bits per heavy atom. The van der Waals surface area contributed by atoms with Crippen LogP contribution in [0.15, 0.2) is 123 Å².